The molecule has 0 amide bonds. The molecule has 1 N–H and O–H groups in total. The van der Waals surface area contributed by atoms with Crippen LogP contribution in [0.1, 0.15) is 17.3 Å². The SMILES string of the molecule is [2H]OS(=O)(=O)c1ccc(C(=O)/C(N=Nc2ccccc2)=C(\C)[O-])cc1.[Na+]. The van der Waals surface area contributed by atoms with Gasteiger partial charge in [0.05, 0.1) is 10.6 Å². The Morgan fingerprint density at radius 2 is 1.72 bits per heavy atom. The first-order valence-electron chi connectivity index (χ1n) is 7.15. The number of hydrogen-bond donors (Lipinski definition) is 1. The van der Waals surface area contributed by atoms with Crippen molar-refractivity contribution >= 4 is 21.6 Å². The molecule has 7 nitrogen and oxygen atoms in total. The van der Waals surface area contributed by atoms with Crippen molar-refractivity contribution < 1.29 is 52.4 Å². The standard InChI is InChI=1S/C16H14N2O5S.Na/c1-11(19)15(18-17-13-5-3-2-4-6-13)16(20)12-7-9-14(10-8-12)24(21,22)23;/h2-10,19H,1H3,(H,21,22,23);/q;+1/p-1/b15-11-,18-17?;/i/hD. The first-order chi connectivity index (χ1) is 11.8. The van der Waals surface area contributed by atoms with Gasteiger partial charge in [-0.15, -0.1) is 10.9 Å². The van der Waals surface area contributed by atoms with E-state index in [4.69, 9.17) is 1.43 Å². The summed E-state index contributed by atoms with van der Waals surface area (Å²) in [6, 6.07) is 13.2. The van der Waals surface area contributed by atoms with Crippen LogP contribution in [0.15, 0.2) is 81.2 Å². The number of rotatable bonds is 6. The van der Waals surface area contributed by atoms with Crippen LogP contribution in [0.4, 0.5) is 5.69 Å². The Morgan fingerprint density at radius 3 is 2.24 bits per heavy atom. The molecule has 0 saturated carbocycles. The quantitative estimate of drug-likeness (QED) is 0.184. The molecular formula is C16H13N2NaO5S. The molecule has 2 rings (SSSR count). The molecule has 25 heavy (non-hydrogen) atoms. The Morgan fingerprint density at radius 1 is 1.12 bits per heavy atom. The molecule has 0 saturated heterocycles. The second-order valence-corrected chi connectivity index (χ2v) is 6.13. The van der Waals surface area contributed by atoms with Gasteiger partial charge >= 0.3 is 29.6 Å². The van der Waals surface area contributed by atoms with Gasteiger partial charge in [-0.05, 0) is 36.4 Å². The van der Waals surface area contributed by atoms with Gasteiger partial charge in [0, 0.05) is 5.56 Å². The van der Waals surface area contributed by atoms with Gasteiger partial charge in [0.2, 0.25) is 7.21 Å². The maximum absolute atomic E-state index is 12.4. The summed E-state index contributed by atoms with van der Waals surface area (Å²) in [5.41, 5.74) is 0.153. The summed E-state index contributed by atoms with van der Waals surface area (Å²) in [7, 11) is -4.18. The molecule has 0 heterocycles. The molecule has 0 unspecified atom stereocenters. The molecule has 2 aromatic rings. The third-order valence-corrected chi connectivity index (χ3v) is 3.82. The second-order valence-electron chi connectivity index (χ2n) is 4.75. The zero-order valence-electron chi connectivity index (χ0n) is 14.5. The summed E-state index contributed by atoms with van der Waals surface area (Å²) in [6.45, 7) is 1.18. The second kappa shape index (κ2) is 9.02. The van der Waals surface area contributed by atoms with Gasteiger partial charge in [-0.3, -0.25) is 9.35 Å². The van der Waals surface area contributed by atoms with Crippen LogP contribution < -0.4 is 34.7 Å². The number of Topliss-reactive ketones (excluding diaryl/α,β-unsaturated/α-hetero) is 1. The van der Waals surface area contributed by atoms with Crippen LogP contribution >= 0.6 is 0 Å². The van der Waals surface area contributed by atoms with Gasteiger partial charge in [0.25, 0.3) is 10.1 Å². The number of carbonyl (C=O) groups is 1. The average Bonchev–Trinajstić information content (AvgIpc) is 2.62. The van der Waals surface area contributed by atoms with Gasteiger partial charge in [-0.25, -0.2) is 0 Å². The third kappa shape index (κ3) is 5.87. The van der Waals surface area contributed by atoms with Gasteiger partial charge in [-0.2, -0.15) is 13.5 Å². The zero-order valence-corrected chi connectivity index (χ0v) is 16.4. The summed E-state index contributed by atoms with van der Waals surface area (Å²) in [5, 5.41) is 19.3. The first kappa shape index (κ1) is 19.5. The monoisotopic (exact) mass is 369 g/mol. The van der Waals surface area contributed by atoms with Crippen LogP contribution in [-0.2, 0) is 10.1 Å². The number of azo groups is 1. The van der Waals surface area contributed by atoms with Gasteiger partial charge in [0.15, 0.2) is 0 Å². The Balaban J connectivity index is 0.00000338. The van der Waals surface area contributed by atoms with Crippen molar-refractivity contribution in [2.24, 2.45) is 10.2 Å². The molecule has 0 aliphatic heterocycles. The smallest absolute Gasteiger partial charge is 0.874 e. The number of nitrogens with zero attached hydrogens (tertiary/aromatic N) is 2. The molecular weight excluding hydrogens is 355 g/mol. The summed E-state index contributed by atoms with van der Waals surface area (Å²) in [5.74, 6) is -1.27. The average molecular weight is 369 g/mol. The van der Waals surface area contributed by atoms with Gasteiger partial charge < -0.3 is 5.11 Å². The van der Waals surface area contributed by atoms with Crippen molar-refractivity contribution in [3.05, 3.63) is 71.6 Å². The Kier molecular flexibility index (Phi) is 7.03. The van der Waals surface area contributed by atoms with Crippen molar-refractivity contribution in [3.8, 4) is 0 Å². The van der Waals surface area contributed by atoms with E-state index in [1.54, 1.807) is 30.3 Å². The molecule has 0 aromatic heterocycles. The van der Waals surface area contributed by atoms with Crippen LogP contribution in [0.25, 0.3) is 1.43 Å². The van der Waals surface area contributed by atoms with Crippen molar-refractivity contribution in [2.75, 3.05) is 0 Å². The largest absolute Gasteiger partial charge is 1.00 e. The number of benzene rings is 2. The minimum Gasteiger partial charge on any atom is -0.874 e. The van der Waals surface area contributed by atoms with E-state index in [1.807, 2.05) is 0 Å². The number of hydrogen-bond acceptors (Lipinski definition) is 7. The fourth-order valence-electron chi connectivity index (χ4n) is 1.79. The van der Waals surface area contributed by atoms with E-state index in [9.17, 15) is 18.3 Å². The third-order valence-electron chi connectivity index (χ3n) is 2.98. The first-order valence-corrected chi connectivity index (χ1v) is 8.15. The Bertz CT molecular complexity index is 925. The molecule has 0 fully saturated rings. The fraction of sp³-hybridized carbons (Fsp3) is 0.0625. The fourth-order valence-corrected chi connectivity index (χ4v) is 2.26. The predicted molar refractivity (Wildman–Crippen MR) is 84.2 cm³/mol. The van der Waals surface area contributed by atoms with Crippen LogP contribution in [0.5, 0.6) is 0 Å². The predicted octanol–water partition coefficient (Wildman–Crippen LogP) is -0.504. The van der Waals surface area contributed by atoms with Crippen LogP contribution in [0.2, 0.25) is 0 Å². The van der Waals surface area contributed by atoms with Gasteiger partial charge in [-0.1, -0.05) is 25.1 Å². The summed E-state index contributed by atoms with van der Waals surface area (Å²) in [4.78, 5) is 12.1. The maximum Gasteiger partial charge on any atom is 1.00 e. The van der Waals surface area contributed by atoms with E-state index in [0.717, 1.165) is 12.1 Å². The Labute approximate surface area is 168 Å². The van der Waals surface area contributed by atoms with Gasteiger partial charge in [0.1, 0.15) is 5.70 Å². The van der Waals surface area contributed by atoms with Crippen LogP contribution in [0, 0.1) is 0 Å². The normalized spacial score (nSPS) is 12.9. The molecule has 0 aliphatic carbocycles. The van der Waals surface area contributed by atoms with Crippen molar-refractivity contribution in [3.63, 3.8) is 0 Å². The summed E-state index contributed by atoms with van der Waals surface area (Å²) in [6.07, 6.45) is 0. The molecule has 9 heteroatoms. The van der Waals surface area contributed by atoms with E-state index >= 15 is 0 Å². The zero-order chi connectivity index (χ0) is 18.4. The van der Waals surface area contributed by atoms with E-state index in [0.29, 0.717) is 5.69 Å². The summed E-state index contributed by atoms with van der Waals surface area (Å²) >= 11 is 0. The van der Waals surface area contributed by atoms with Crippen molar-refractivity contribution in [1.82, 2.24) is 0 Å². The van der Waals surface area contributed by atoms with Crippen molar-refractivity contribution in [1.29, 1.82) is 1.43 Å². The van der Waals surface area contributed by atoms with Crippen LogP contribution in [-0.4, -0.2) is 18.8 Å². The number of carbonyl (C=O) groups excluding carboxylic acids is 1. The molecule has 0 bridgehead atoms. The van der Waals surface area contributed by atoms with Crippen molar-refractivity contribution in [2.45, 2.75) is 11.8 Å². The Hall–Kier alpha value is -1.84. The minimum atomic E-state index is -4.18. The molecule has 0 radical (unpaired) electrons. The number of allylic oxidation sites excluding steroid dienone is 2. The molecule has 0 atom stereocenters. The topological polar surface area (TPSA) is 119 Å². The van der Waals surface area contributed by atoms with E-state index in [-0.39, 0.29) is 45.7 Å². The summed E-state index contributed by atoms with van der Waals surface area (Å²) < 4.78 is 32.9. The molecule has 124 valence electrons. The molecule has 2 aromatic carbocycles. The molecule has 0 aliphatic rings. The number of ketones is 1. The molecule has 0 spiro atoms. The maximum atomic E-state index is 12.4. The van der Waals surface area contributed by atoms with Crippen LogP contribution in [0.3, 0.4) is 0 Å². The van der Waals surface area contributed by atoms with E-state index < -0.39 is 21.7 Å². The van der Waals surface area contributed by atoms with E-state index in [1.165, 1.54) is 19.1 Å². The van der Waals surface area contributed by atoms with E-state index in [2.05, 4.69) is 14.8 Å². The minimum absolute atomic E-state index is 0.